The highest BCUT2D eigenvalue weighted by atomic mass is 16.5. The molecule has 0 amide bonds. The van der Waals surface area contributed by atoms with Crippen LogP contribution in [-0.2, 0) is 11.3 Å². The standard InChI is InChI=1S/C16H24N2O2/c1-20-16(19)14-8-9-15(18-11-14)12-17-10-4-7-13-5-2-3-6-13/h8-9,11,13,17H,2-7,10,12H2,1H3. The van der Waals surface area contributed by atoms with Crippen LogP contribution in [0.4, 0.5) is 0 Å². The van der Waals surface area contributed by atoms with Crippen LogP contribution in [0.2, 0.25) is 0 Å². The predicted octanol–water partition coefficient (Wildman–Crippen LogP) is 2.93. The van der Waals surface area contributed by atoms with Crippen molar-refractivity contribution in [3.8, 4) is 0 Å². The van der Waals surface area contributed by atoms with Gasteiger partial charge < -0.3 is 10.1 Å². The van der Waals surface area contributed by atoms with Gasteiger partial charge in [-0.2, -0.15) is 0 Å². The van der Waals surface area contributed by atoms with E-state index in [1.54, 1.807) is 12.3 Å². The van der Waals surface area contributed by atoms with Crippen molar-refractivity contribution < 1.29 is 9.53 Å². The summed E-state index contributed by atoms with van der Waals surface area (Å²) < 4.78 is 4.64. The molecule has 1 aliphatic carbocycles. The first-order valence-electron chi connectivity index (χ1n) is 7.53. The Hall–Kier alpha value is -1.42. The number of hydrogen-bond acceptors (Lipinski definition) is 4. The lowest BCUT2D eigenvalue weighted by Crippen LogP contribution is -2.16. The van der Waals surface area contributed by atoms with E-state index in [0.29, 0.717) is 5.56 Å². The normalized spacial score (nSPS) is 15.4. The molecule has 20 heavy (non-hydrogen) atoms. The number of nitrogens with one attached hydrogen (secondary N) is 1. The zero-order chi connectivity index (χ0) is 14.2. The molecule has 1 N–H and O–H groups in total. The summed E-state index contributed by atoms with van der Waals surface area (Å²) in [5, 5.41) is 3.41. The van der Waals surface area contributed by atoms with Crippen LogP contribution < -0.4 is 5.32 Å². The van der Waals surface area contributed by atoms with Crippen LogP contribution in [0.1, 0.15) is 54.6 Å². The topological polar surface area (TPSA) is 51.2 Å². The maximum atomic E-state index is 11.3. The molecule has 0 radical (unpaired) electrons. The zero-order valence-electron chi connectivity index (χ0n) is 12.2. The number of aromatic nitrogens is 1. The summed E-state index contributed by atoms with van der Waals surface area (Å²) in [5.41, 5.74) is 1.45. The lowest BCUT2D eigenvalue weighted by Gasteiger charge is -2.09. The first-order chi connectivity index (χ1) is 9.79. The van der Waals surface area contributed by atoms with Crippen molar-refractivity contribution in [2.24, 2.45) is 5.92 Å². The second-order valence-electron chi connectivity index (χ2n) is 5.50. The quantitative estimate of drug-likeness (QED) is 0.614. The smallest absolute Gasteiger partial charge is 0.339 e. The van der Waals surface area contributed by atoms with E-state index in [1.165, 1.54) is 45.6 Å². The van der Waals surface area contributed by atoms with Gasteiger partial charge in [-0.05, 0) is 37.4 Å². The summed E-state index contributed by atoms with van der Waals surface area (Å²) in [4.78, 5) is 15.5. The third kappa shape index (κ3) is 4.60. The van der Waals surface area contributed by atoms with E-state index in [0.717, 1.165) is 24.7 Å². The zero-order valence-corrected chi connectivity index (χ0v) is 12.2. The third-order valence-corrected chi connectivity index (χ3v) is 3.99. The second-order valence-corrected chi connectivity index (χ2v) is 5.50. The van der Waals surface area contributed by atoms with Gasteiger partial charge in [-0.1, -0.05) is 25.7 Å². The van der Waals surface area contributed by atoms with Gasteiger partial charge >= 0.3 is 5.97 Å². The number of esters is 1. The number of carbonyl (C=O) groups is 1. The Morgan fingerprint density at radius 2 is 2.20 bits per heavy atom. The second kappa shape index (κ2) is 8.00. The first-order valence-corrected chi connectivity index (χ1v) is 7.53. The van der Waals surface area contributed by atoms with Gasteiger partial charge in [-0.25, -0.2) is 4.79 Å². The number of carbonyl (C=O) groups excluding carboxylic acids is 1. The monoisotopic (exact) mass is 276 g/mol. The van der Waals surface area contributed by atoms with Gasteiger partial charge in [0.05, 0.1) is 18.4 Å². The summed E-state index contributed by atoms with van der Waals surface area (Å²) in [6.07, 6.45) is 9.87. The Balaban J connectivity index is 1.62. The molecule has 1 saturated carbocycles. The molecule has 1 aromatic rings. The molecule has 1 fully saturated rings. The maximum Gasteiger partial charge on any atom is 0.339 e. The molecular weight excluding hydrogens is 252 g/mol. The van der Waals surface area contributed by atoms with Crippen molar-refractivity contribution >= 4 is 5.97 Å². The molecule has 0 atom stereocenters. The van der Waals surface area contributed by atoms with Gasteiger partial charge in [0.25, 0.3) is 0 Å². The lowest BCUT2D eigenvalue weighted by atomic mass is 10.0. The molecule has 110 valence electrons. The fraction of sp³-hybridized carbons (Fsp3) is 0.625. The van der Waals surface area contributed by atoms with Crippen molar-refractivity contribution in [3.63, 3.8) is 0 Å². The Bertz CT molecular complexity index is 411. The highest BCUT2D eigenvalue weighted by molar-refractivity contribution is 5.88. The Kier molecular flexibility index (Phi) is 5.99. The van der Waals surface area contributed by atoms with E-state index in [4.69, 9.17) is 0 Å². The van der Waals surface area contributed by atoms with E-state index in [1.807, 2.05) is 6.07 Å². The number of hydrogen-bond donors (Lipinski definition) is 1. The highest BCUT2D eigenvalue weighted by Crippen LogP contribution is 2.28. The molecule has 1 aromatic heterocycles. The van der Waals surface area contributed by atoms with Crippen molar-refractivity contribution in [1.29, 1.82) is 0 Å². The van der Waals surface area contributed by atoms with E-state index < -0.39 is 0 Å². The average molecular weight is 276 g/mol. The van der Waals surface area contributed by atoms with Gasteiger partial charge in [0.15, 0.2) is 0 Å². The van der Waals surface area contributed by atoms with E-state index in [2.05, 4.69) is 15.0 Å². The van der Waals surface area contributed by atoms with E-state index in [-0.39, 0.29) is 5.97 Å². The lowest BCUT2D eigenvalue weighted by molar-refractivity contribution is 0.0600. The van der Waals surface area contributed by atoms with Crippen molar-refractivity contribution in [2.45, 2.75) is 45.1 Å². The van der Waals surface area contributed by atoms with Crippen LogP contribution in [-0.4, -0.2) is 24.6 Å². The summed E-state index contributed by atoms with van der Waals surface area (Å²) in [5.74, 6) is 0.628. The van der Waals surface area contributed by atoms with Crippen LogP contribution in [0.25, 0.3) is 0 Å². The van der Waals surface area contributed by atoms with Crippen LogP contribution in [0.3, 0.4) is 0 Å². The van der Waals surface area contributed by atoms with Crippen LogP contribution >= 0.6 is 0 Å². The van der Waals surface area contributed by atoms with Gasteiger partial charge in [-0.3, -0.25) is 4.98 Å². The molecule has 0 aromatic carbocycles. The summed E-state index contributed by atoms with van der Waals surface area (Å²) >= 11 is 0. The van der Waals surface area contributed by atoms with E-state index in [9.17, 15) is 4.79 Å². The average Bonchev–Trinajstić information content (AvgIpc) is 3.00. The number of nitrogens with zero attached hydrogens (tertiary/aromatic N) is 1. The van der Waals surface area contributed by atoms with Gasteiger partial charge in [0.1, 0.15) is 0 Å². The molecule has 4 nitrogen and oxygen atoms in total. The minimum atomic E-state index is -0.339. The molecule has 0 aliphatic heterocycles. The first kappa shape index (κ1) is 15.0. The molecule has 0 unspecified atom stereocenters. The molecule has 0 saturated heterocycles. The van der Waals surface area contributed by atoms with Gasteiger partial charge in [0.2, 0.25) is 0 Å². The van der Waals surface area contributed by atoms with Gasteiger partial charge in [-0.15, -0.1) is 0 Å². The molecule has 4 heteroatoms. The van der Waals surface area contributed by atoms with Gasteiger partial charge in [0, 0.05) is 12.7 Å². The summed E-state index contributed by atoms with van der Waals surface area (Å²) in [7, 11) is 1.38. The number of methoxy groups -OCH3 is 1. The van der Waals surface area contributed by atoms with Crippen LogP contribution in [0, 0.1) is 5.92 Å². The third-order valence-electron chi connectivity index (χ3n) is 3.99. The number of rotatable bonds is 7. The molecule has 0 bridgehead atoms. The van der Waals surface area contributed by atoms with E-state index >= 15 is 0 Å². The minimum Gasteiger partial charge on any atom is -0.465 e. The fourth-order valence-electron chi connectivity index (χ4n) is 2.80. The maximum absolute atomic E-state index is 11.3. The Labute approximate surface area is 120 Å². The van der Waals surface area contributed by atoms with Crippen LogP contribution in [0.15, 0.2) is 18.3 Å². The molecule has 0 spiro atoms. The molecule has 2 rings (SSSR count). The van der Waals surface area contributed by atoms with Crippen molar-refractivity contribution in [2.75, 3.05) is 13.7 Å². The SMILES string of the molecule is COC(=O)c1ccc(CNCCCC2CCCC2)nc1. The summed E-state index contributed by atoms with van der Waals surface area (Å²) in [6.45, 7) is 1.79. The van der Waals surface area contributed by atoms with Crippen molar-refractivity contribution in [1.82, 2.24) is 10.3 Å². The summed E-state index contributed by atoms with van der Waals surface area (Å²) in [6, 6.07) is 3.63. The molecule has 1 aliphatic rings. The molecular formula is C16H24N2O2. The number of pyridine rings is 1. The Morgan fingerprint density at radius 1 is 1.40 bits per heavy atom. The molecule has 1 heterocycles. The van der Waals surface area contributed by atoms with Crippen LogP contribution in [0.5, 0.6) is 0 Å². The Morgan fingerprint density at radius 3 is 2.85 bits per heavy atom. The van der Waals surface area contributed by atoms with Crippen molar-refractivity contribution in [3.05, 3.63) is 29.6 Å². The minimum absolute atomic E-state index is 0.339. The number of ether oxygens (including phenoxy) is 1. The fourth-order valence-corrected chi connectivity index (χ4v) is 2.80. The predicted molar refractivity (Wildman–Crippen MR) is 78.5 cm³/mol. The highest BCUT2D eigenvalue weighted by Gasteiger charge is 2.13. The largest absolute Gasteiger partial charge is 0.465 e.